The van der Waals surface area contributed by atoms with E-state index in [-0.39, 0.29) is 11.4 Å². The summed E-state index contributed by atoms with van der Waals surface area (Å²) in [6, 6.07) is 0. The Labute approximate surface area is 113 Å². The fraction of sp³-hybridized carbons (Fsp3) is 0.692. The lowest BCUT2D eigenvalue weighted by Gasteiger charge is -2.38. The van der Waals surface area contributed by atoms with Crippen molar-refractivity contribution < 1.29 is 4.79 Å². The van der Waals surface area contributed by atoms with Crippen LogP contribution in [0.25, 0.3) is 0 Å². The highest BCUT2D eigenvalue weighted by Gasteiger charge is 2.35. The minimum Gasteiger partial charge on any atom is -0.345 e. The molecule has 2 rings (SSSR count). The van der Waals surface area contributed by atoms with Gasteiger partial charge in [-0.15, -0.1) is 11.6 Å². The molecular weight excluding hydrogens is 250 g/mol. The molecule has 0 radical (unpaired) electrons. The highest BCUT2D eigenvalue weighted by atomic mass is 35.5. The summed E-state index contributed by atoms with van der Waals surface area (Å²) >= 11 is 6.09. The second-order valence-corrected chi connectivity index (χ2v) is 5.72. The molecule has 1 aromatic heterocycles. The van der Waals surface area contributed by atoms with Gasteiger partial charge in [0.25, 0.3) is 5.91 Å². The Kier molecular flexibility index (Phi) is 3.95. The van der Waals surface area contributed by atoms with Gasteiger partial charge in [0.2, 0.25) is 0 Å². The van der Waals surface area contributed by atoms with Crippen LogP contribution in [-0.2, 0) is 7.05 Å². The van der Waals surface area contributed by atoms with E-state index < -0.39 is 0 Å². The van der Waals surface area contributed by atoms with Crippen molar-refractivity contribution in [2.75, 3.05) is 5.88 Å². The Morgan fingerprint density at radius 2 is 2.28 bits per heavy atom. The first-order chi connectivity index (χ1) is 8.54. The predicted octanol–water partition coefficient (Wildman–Crippen LogP) is 2.34. The van der Waals surface area contributed by atoms with E-state index in [4.69, 9.17) is 11.6 Å². The summed E-state index contributed by atoms with van der Waals surface area (Å²) in [6.07, 6.45) is 7.48. The molecule has 18 heavy (non-hydrogen) atoms. The van der Waals surface area contributed by atoms with E-state index in [9.17, 15) is 4.79 Å². The first-order valence-electron chi connectivity index (χ1n) is 6.42. The molecule has 100 valence electrons. The first kappa shape index (κ1) is 13.4. The minimum absolute atomic E-state index is 0.0710. The molecule has 1 aliphatic rings. The molecule has 0 bridgehead atoms. The monoisotopic (exact) mass is 269 g/mol. The maximum absolute atomic E-state index is 12.1. The molecule has 1 amide bonds. The van der Waals surface area contributed by atoms with Gasteiger partial charge in [-0.2, -0.15) is 5.10 Å². The lowest BCUT2D eigenvalue weighted by molar-refractivity contribution is 0.0872. The summed E-state index contributed by atoms with van der Waals surface area (Å²) in [6.45, 7) is 2.25. The first-order valence-corrected chi connectivity index (χ1v) is 6.95. The zero-order valence-electron chi connectivity index (χ0n) is 10.9. The van der Waals surface area contributed by atoms with Gasteiger partial charge < -0.3 is 5.32 Å². The van der Waals surface area contributed by atoms with E-state index in [1.165, 1.54) is 0 Å². The van der Waals surface area contributed by atoms with Gasteiger partial charge in [-0.25, -0.2) is 0 Å². The molecule has 0 spiro atoms. The van der Waals surface area contributed by atoms with E-state index in [0.29, 0.717) is 11.4 Å². The summed E-state index contributed by atoms with van der Waals surface area (Å²) in [5.74, 6) is 1.14. The van der Waals surface area contributed by atoms with Crippen molar-refractivity contribution in [3.05, 3.63) is 18.0 Å². The van der Waals surface area contributed by atoms with Crippen LogP contribution >= 0.6 is 11.6 Å². The number of hydrogen-bond acceptors (Lipinski definition) is 2. The highest BCUT2D eigenvalue weighted by molar-refractivity contribution is 6.19. The minimum atomic E-state index is -0.235. The van der Waals surface area contributed by atoms with Crippen LogP contribution in [0.15, 0.2) is 12.4 Å². The molecule has 1 saturated carbocycles. The van der Waals surface area contributed by atoms with Crippen LogP contribution < -0.4 is 5.32 Å². The fourth-order valence-corrected chi connectivity index (χ4v) is 2.79. The molecule has 1 aliphatic carbocycles. The Bertz CT molecular complexity index is 422. The number of hydrogen-bond donors (Lipinski definition) is 1. The van der Waals surface area contributed by atoms with Gasteiger partial charge in [0.1, 0.15) is 0 Å². The molecule has 0 atom stereocenters. The standard InChI is InChI=1S/C13H20ClN3O/c1-10-3-5-13(9-14,6-4-10)16-12(18)11-7-15-17(2)8-11/h7-8,10H,3-6,9H2,1-2H3,(H,16,18). The zero-order valence-corrected chi connectivity index (χ0v) is 11.7. The van der Waals surface area contributed by atoms with Crippen LogP contribution in [0.2, 0.25) is 0 Å². The van der Waals surface area contributed by atoms with Crippen molar-refractivity contribution in [1.82, 2.24) is 15.1 Å². The Morgan fingerprint density at radius 3 is 2.78 bits per heavy atom. The van der Waals surface area contributed by atoms with E-state index in [2.05, 4.69) is 17.3 Å². The van der Waals surface area contributed by atoms with Crippen LogP contribution in [0.4, 0.5) is 0 Å². The number of nitrogens with zero attached hydrogens (tertiary/aromatic N) is 2. The van der Waals surface area contributed by atoms with E-state index in [0.717, 1.165) is 31.6 Å². The van der Waals surface area contributed by atoms with Crippen LogP contribution in [-0.4, -0.2) is 27.1 Å². The van der Waals surface area contributed by atoms with Crippen molar-refractivity contribution in [1.29, 1.82) is 0 Å². The number of nitrogens with one attached hydrogen (secondary N) is 1. The lowest BCUT2D eigenvalue weighted by Crippen LogP contribution is -2.52. The van der Waals surface area contributed by atoms with Crippen molar-refractivity contribution in [2.45, 2.75) is 38.1 Å². The smallest absolute Gasteiger partial charge is 0.254 e. The maximum atomic E-state index is 12.1. The molecule has 1 N–H and O–H groups in total. The Morgan fingerprint density at radius 1 is 1.61 bits per heavy atom. The number of rotatable bonds is 3. The van der Waals surface area contributed by atoms with Gasteiger partial charge in [-0.05, 0) is 31.6 Å². The molecule has 4 nitrogen and oxygen atoms in total. The SMILES string of the molecule is CC1CCC(CCl)(NC(=O)c2cnn(C)c2)CC1. The maximum Gasteiger partial charge on any atom is 0.254 e. The molecule has 5 heteroatoms. The predicted molar refractivity (Wildman–Crippen MR) is 71.8 cm³/mol. The lowest BCUT2D eigenvalue weighted by atomic mass is 9.78. The highest BCUT2D eigenvalue weighted by Crippen LogP contribution is 2.33. The Hall–Kier alpha value is -1.03. The van der Waals surface area contributed by atoms with E-state index in [1.807, 2.05) is 0 Å². The number of carbonyl (C=O) groups is 1. The fourth-order valence-electron chi connectivity index (χ4n) is 2.46. The van der Waals surface area contributed by atoms with Gasteiger partial charge in [-0.3, -0.25) is 9.48 Å². The van der Waals surface area contributed by atoms with Crippen molar-refractivity contribution in [2.24, 2.45) is 13.0 Å². The van der Waals surface area contributed by atoms with E-state index in [1.54, 1.807) is 24.1 Å². The van der Waals surface area contributed by atoms with Crippen LogP contribution in [0, 0.1) is 5.92 Å². The van der Waals surface area contributed by atoms with Crippen molar-refractivity contribution in [3.8, 4) is 0 Å². The third kappa shape index (κ3) is 2.86. The molecule has 0 aromatic carbocycles. The number of carbonyl (C=O) groups excluding carboxylic acids is 1. The second kappa shape index (κ2) is 5.31. The quantitative estimate of drug-likeness (QED) is 0.856. The summed E-state index contributed by atoms with van der Waals surface area (Å²) in [5.41, 5.74) is 0.363. The molecular formula is C13H20ClN3O. The van der Waals surface area contributed by atoms with E-state index >= 15 is 0 Å². The van der Waals surface area contributed by atoms with Gasteiger partial charge >= 0.3 is 0 Å². The van der Waals surface area contributed by atoms with Crippen molar-refractivity contribution in [3.63, 3.8) is 0 Å². The largest absolute Gasteiger partial charge is 0.345 e. The van der Waals surface area contributed by atoms with Gasteiger partial charge in [0, 0.05) is 19.1 Å². The molecule has 1 fully saturated rings. The average molecular weight is 270 g/mol. The summed E-state index contributed by atoms with van der Waals surface area (Å²) in [7, 11) is 1.80. The second-order valence-electron chi connectivity index (χ2n) is 5.45. The summed E-state index contributed by atoms with van der Waals surface area (Å²) in [5, 5.41) is 7.12. The van der Waals surface area contributed by atoms with Gasteiger partial charge in [-0.1, -0.05) is 6.92 Å². The Balaban J connectivity index is 2.04. The van der Waals surface area contributed by atoms with Gasteiger partial charge in [0.05, 0.1) is 17.3 Å². The van der Waals surface area contributed by atoms with Gasteiger partial charge in [0.15, 0.2) is 0 Å². The summed E-state index contributed by atoms with van der Waals surface area (Å²) < 4.78 is 1.63. The third-order valence-corrected chi connectivity index (χ3v) is 4.34. The zero-order chi connectivity index (χ0) is 13.2. The van der Waals surface area contributed by atoms with Crippen LogP contribution in [0.5, 0.6) is 0 Å². The molecule has 0 aliphatic heterocycles. The number of amides is 1. The van der Waals surface area contributed by atoms with Crippen LogP contribution in [0.3, 0.4) is 0 Å². The molecule has 0 unspecified atom stereocenters. The number of aromatic nitrogens is 2. The van der Waals surface area contributed by atoms with Crippen molar-refractivity contribution >= 4 is 17.5 Å². The summed E-state index contributed by atoms with van der Waals surface area (Å²) in [4.78, 5) is 12.1. The number of aryl methyl sites for hydroxylation is 1. The third-order valence-electron chi connectivity index (χ3n) is 3.83. The molecule has 1 heterocycles. The number of alkyl halides is 1. The molecule has 1 aromatic rings. The topological polar surface area (TPSA) is 46.9 Å². The molecule has 0 saturated heterocycles. The normalized spacial score (nSPS) is 28.1. The average Bonchev–Trinajstić information content (AvgIpc) is 2.79. The van der Waals surface area contributed by atoms with Crippen LogP contribution in [0.1, 0.15) is 43.0 Å². The number of halogens is 1.